The molecular weight excluding hydrogens is 346 g/mol. The number of nitrogens with one attached hydrogen (secondary N) is 1. The van der Waals surface area contributed by atoms with Crippen molar-refractivity contribution in [2.45, 2.75) is 6.92 Å². The van der Waals surface area contributed by atoms with Gasteiger partial charge in [0.15, 0.2) is 0 Å². The van der Waals surface area contributed by atoms with Crippen LogP contribution in [0.15, 0.2) is 53.3 Å². The van der Waals surface area contributed by atoms with Crippen molar-refractivity contribution in [2.75, 3.05) is 5.32 Å². The quantitative estimate of drug-likeness (QED) is 0.781. The zero-order valence-electron chi connectivity index (χ0n) is 11.7. The second-order valence-corrected chi connectivity index (χ2v) is 5.63. The summed E-state index contributed by atoms with van der Waals surface area (Å²) in [6.07, 6.45) is 1.50. The van der Waals surface area contributed by atoms with Crippen LogP contribution in [0.25, 0.3) is 5.69 Å². The molecule has 1 N–H and O–H groups in total. The number of amides is 1. The number of aryl methyl sites for hydroxylation is 1. The summed E-state index contributed by atoms with van der Waals surface area (Å²) in [4.78, 5) is 12.3. The van der Waals surface area contributed by atoms with Gasteiger partial charge in [-0.05, 0) is 65.4 Å². The fourth-order valence-corrected chi connectivity index (χ4v) is 2.48. The highest BCUT2D eigenvalue weighted by Gasteiger charge is 2.08. The summed E-state index contributed by atoms with van der Waals surface area (Å²) >= 11 is 3.40. The lowest BCUT2D eigenvalue weighted by atomic mass is 10.1. The van der Waals surface area contributed by atoms with Crippen molar-refractivity contribution in [3.63, 3.8) is 0 Å². The first kappa shape index (κ1) is 14.4. The Hall–Kier alpha value is -2.54. The SMILES string of the molecule is Cc1cc(Br)ccc1NC(=O)c1ccc(-n2cnnn2)cc1. The maximum atomic E-state index is 12.3. The molecule has 0 aliphatic rings. The van der Waals surface area contributed by atoms with Crippen LogP contribution in [0.2, 0.25) is 0 Å². The molecule has 0 aliphatic carbocycles. The highest BCUT2D eigenvalue weighted by atomic mass is 79.9. The number of halogens is 1. The van der Waals surface area contributed by atoms with E-state index in [2.05, 4.69) is 36.8 Å². The third kappa shape index (κ3) is 3.04. The van der Waals surface area contributed by atoms with E-state index in [0.717, 1.165) is 21.4 Å². The van der Waals surface area contributed by atoms with Crippen molar-refractivity contribution in [1.29, 1.82) is 0 Å². The molecule has 0 unspecified atom stereocenters. The van der Waals surface area contributed by atoms with Crippen LogP contribution < -0.4 is 5.32 Å². The van der Waals surface area contributed by atoms with Crippen molar-refractivity contribution < 1.29 is 4.79 Å². The minimum Gasteiger partial charge on any atom is -0.322 e. The predicted octanol–water partition coefficient (Wildman–Crippen LogP) is 2.99. The maximum Gasteiger partial charge on any atom is 0.255 e. The van der Waals surface area contributed by atoms with E-state index in [9.17, 15) is 4.79 Å². The number of nitrogens with zero attached hydrogens (tertiary/aromatic N) is 4. The Balaban J connectivity index is 1.77. The Morgan fingerprint density at radius 1 is 1.18 bits per heavy atom. The normalized spacial score (nSPS) is 10.5. The number of carbonyl (C=O) groups is 1. The number of rotatable bonds is 3. The highest BCUT2D eigenvalue weighted by Crippen LogP contribution is 2.20. The highest BCUT2D eigenvalue weighted by molar-refractivity contribution is 9.10. The van der Waals surface area contributed by atoms with Gasteiger partial charge in [0, 0.05) is 15.7 Å². The average molecular weight is 358 g/mol. The number of hydrogen-bond acceptors (Lipinski definition) is 4. The molecule has 0 radical (unpaired) electrons. The molecule has 0 fully saturated rings. The maximum absolute atomic E-state index is 12.3. The minimum absolute atomic E-state index is 0.159. The molecule has 110 valence electrons. The van der Waals surface area contributed by atoms with Crippen molar-refractivity contribution in [3.8, 4) is 5.69 Å². The Morgan fingerprint density at radius 3 is 2.59 bits per heavy atom. The van der Waals surface area contributed by atoms with Gasteiger partial charge < -0.3 is 5.32 Å². The number of carbonyl (C=O) groups excluding carboxylic acids is 1. The van der Waals surface area contributed by atoms with E-state index >= 15 is 0 Å². The van der Waals surface area contributed by atoms with Crippen molar-refractivity contribution in [3.05, 3.63) is 64.4 Å². The standard InChI is InChI=1S/C15H12BrN5O/c1-10-8-12(16)4-7-14(10)18-15(22)11-2-5-13(6-3-11)21-9-17-19-20-21/h2-9H,1H3,(H,18,22). The lowest BCUT2D eigenvalue weighted by Crippen LogP contribution is -2.12. The first-order valence-corrected chi connectivity index (χ1v) is 7.34. The summed E-state index contributed by atoms with van der Waals surface area (Å²) in [7, 11) is 0. The summed E-state index contributed by atoms with van der Waals surface area (Å²) in [5, 5.41) is 13.9. The van der Waals surface area contributed by atoms with Gasteiger partial charge in [-0.3, -0.25) is 4.79 Å². The summed E-state index contributed by atoms with van der Waals surface area (Å²) in [5.74, 6) is -0.159. The number of hydrogen-bond donors (Lipinski definition) is 1. The fourth-order valence-electron chi connectivity index (χ4n) is 2.01. The molecule has 0 atom stereocenters. The van der Waals surface area contributed by atoms with Crippen LogP contribution in [0.5, 0.6) is 0 Å². The van der Waals surface area contributed by atoms with Crippen molar-refractivity contribution >= 4 is 27.5 Å². The van der Waals surface area contributed by atoms with Gasteiger partial charge in [-0.25, -0.2) is 4.68 Å². The number of aromatic nitrogens is 4. The molecule has 0 saturated heterocycles. The van der Waals surface area contributed by atoms with Gasteiger partial charge >= 0.3 is 0 Å². The van der Waals surface area contributed by atoms with Crippen molar-refractivity contribution in [1.82, 2.24) is 20.2 Å². The summed E-state index contributed by atoms with van der Waals surface area (Å²) < 4.78 is 2.51. The Morgan fingerprint density at radius 2 is 1.95 bits per heavy atom. The minimum atomic E-state index is -0.159. The number of tetrazole rings is 1. The third-order valence-corrected chi connectivity index (χ3v) is 3.67. The smallest absolute Gasteiger partial charge is 0.255 e. The summed E-state index contributed by atoms with van der Waals surface area (Å²) in [6, 6.07) is 12.8. The summed E-state index contributed by atoms with van der Waals surface area (Å²) in [6.45, 7) is 1.95. The molecule has 2 aromatic carbocycles. The molecule has 1 amide bonds. The van der Waals surface area contributed by atoms with Gasteiger partial charge in [0.25, 0.3) is 5.91 Å². The second-order valence-electron chi connectivity index (χ2n) is 4.71. The largest absolute Gasteiger partial charge is 0.322 e. The van der Waals surface area contributed by atoms with Crippen LogP contribution in [0, 0.1) is 6.92 Å². The summed E-state index contributed by atoms with van der Waals surface area (Å²) in [5.41, 5.74) is 3.14. The van der Waals surface area contributed by atoms with E-state index in [4.69, 9.17) is 0 Å². The molecule has 0 saturated carbocycles. The van der Waals surface area contributed by atoms with Crippen molar-refractivity contribution in [2.24, 2.45) is 0 Å². The molecule has 0 bridgehead atoms. The van der Waals surface area contributed by atoms with E-state index in [1.54, 1.807) is 24.3 Å². The van der Waals surface area contributed by atoms with Gasteiger partial charge in [0.1, 0.15) is 6.33 Å². The zero-order chi connectivity index (χ0) is 15.5. The molecule has 0 aliphatic heterocycles. The fraction of sp³-hybridized carbons (Fsp3) is 0.0667. The number of anilines is 1. The number of benzene rings is 2. The molecule has 22 heavy (non-hydrogen) atoms. The zero-order valence-corrected chi connectivity index (χ0v) is 13.3. The molecule has 6 nitrogen and oxygen atoms in total. The van der Waals surface area contributed by atoms with Crippen LogP contribution in [0.4, 0.5) is 5.69 Å². The molecule has 0 spiro atoms. The van der Waals surface area contributed by atoms with Gasteiger partial charge in [-0.2, -0.15) is 0 Å². The van der Waals surface area contributed by atoms with Crippen LogP contribution in [-0.4, -0.2) is 26.1 Å². The van der Waals surface area contributed by atoms with Gasteiger partial charge in [0.05, 0.1) is 5.69 Å². The lowest BCUT2D eigenvalue weighted by molar-refractivity contribution is 0.102. The van der Waals surface area contributed by atoms with E-state index < -0.39 is 0 Å². The molecule has 7 heteroatoms. The molecular formula is C15H12BrN5O. The van der Waals surface area contributed by atoms with Crippen LogP contribution in [-0.2, 0) is 0 Å². The Kier molecular flexibility index (Phi) is 3.97. The first-order valence-electron chi connectivity index (χ1n) is 6.54. The molecule has 3 rings (SSSR count). The molecule has 1 heterocycles. The van der Waals surface area contributed by atoms with Crippen LogP contribution >= 0.6 is 15.9 Å². The van der Waals surface area contributed by atoms with Gasteiger partial charge in [0.2, 0.25) is 0 Å². The van der Waals surface area contributed by atoms with E-state index in [-0.39, 0.29) is 5.91 Å². The lowest BCUT2D eigenvalue weighted by Gasteiger charge is -2.09. The van der Waals surface area contributed by atoms with E-state index in [0.29, 0.717) is 5.56 Å². The first-order chi connectivity index (χ1) is 10.6. The van der Waals surface area contributed by atoms with Crippen LogP contribution in [0.1, 0.15) is 15.9 Å². The Labute approximate surface area is 135 Å². The van der Waals surface area contributed by atoms with E-state index in [1.165, 1.54) is 11.0 Å². The van der Waals surface area contributed by atoms with Gasteiger partial charge in [-0.15, -0.1) is 5.10 Å². The second kappa shape index (κ2) is 6.07. The monoisotopic (exact) mass is 357 g/mol. The predicted molar refractivity (Wildman–Crippen MR) is 86.0 cm³/mol. The topological polar surface area (TPSA) is 72.7 Å². The van der Waals surface area contributed by atoms with Gasteiger partial charge in [-0.1, -0.05) is 15.9 Å². The van der Waals surface area contributed by atoms with E-state index in [1.807, 2.05) is 25.1 Å². The molecule has 3 aromatic rings. The molecule has 1 aromatic heterocycles. The average Bonchev–Trinajstić information content (AvgIpc) is 3.04. The van der Waals surface area contributed by atoms with Crippen LogP contribution in [0.3, 0.4) is 0 Å². The third-order valence-electron chi connectivity index (χ3n) is 3.18. The Bertz CT molecular complexity index is 799.